The summed E-state index contributed by atoms with van der Waals surface area (Å²) in [6.45, 7) is 2.71. The van der Waals surface area contributed by atoms with Crippen molar-refractivity contribution >= 4 is 43.6 Å². The van der Waals surface area contributed by atoms with E-state index in [1.54, 1.807) is 30.5 Å². The Morgan fingerprint density at radius 1 is 1.12 bits per heavy atom. The smallest absolute Gasteiger partial charge is 0.296 e. The van der Waals surface area contributed by atoms with E-state index in [1.807, 2.05) is 55.5 Å². The molecule has 0 aliphatic heterocycles. The molecule has 0 aliphatic carbocycles. The fourth-order valence-corrected chi connectivity index (χ4v) is 4.62. The summed E-state index contributed by atoms with van der Waals surface area (Å²) >= 11 is 1.42. The molecule has 0 N–H and O–H groups in total. The monoisotopic (exact) mass is 459 g/mol. The number of carbonyl (C=O) groups is 1. The number of furan rings is 1. The van der Waals surface area contributed by atoms with Crippen molar-refractivity contribution in [2.45, 2.75) is 13.5 Å². The summed E-state index contributed by atoms with van der Waals surface area (Å²) in [5, 5.41) is 1.35. The van der Waals surface area contributed by atoms with Crippen LogP contribution >= 0.6 is 11.3 Å². The van der Waals surface area contributed by atoms with Gasteiger partial charge in [-0.1, -0.05) is 35.6 Å². The van der Waals surface area contributed by atoms with Gasteiger partial charge in [-0.3, -0.25) is 14.7 Å². The number of thiazole rings is 1. The van der Waals surface area contributed by atoms with Crippen molar-refractivity contribution in [3.8, 4) is 11.5 Å². The van der Waals surface area contributed by atoms with Crippen LogP contribution in [0.15, 0.2) is 71.4 Å². The molecule has 166 valence electrons. The minimum atomic E-state index is -0.296. The second-order valence-electron chi connectivity index (χ2n) is 7.27. The summed E-state index contributed by atoms with van der Waals surface area (Å²) in [4.78, 5) is 24.3. The van der Waals surface area contributed by atoms with Crippen LogP contribution < -0.4 is 14.4 Å². The van der Waals surface area contributed by atoms with E-state index in [4.69, 9.17) is 18.9 Å². The average molecular weight is 460 g/mol. The normalized spacial score (nSPS) is 11.1. The SMILES string of the molecule is CCOc1cccc2cc(C(=O)N(Cc3cccnc3)c3nc4c(OC)cccc4s3)oc12. The molecule has 0 radical (unpaired) electrons. The largest absolute Gasteiger partial charge is 0.494 e. The standard InChI is InChI=1S/C25H21N3O4S/c1-3-31-19-10-4-8-17-13-20(32-23(17)19)24(29)28(15-16-7-6-12-26-14-16)25-27-22-18(30-2)9-5-11-21(22)33-25/h4-14H,3,15H2,1-2H3. The second kappa shape index (κ2) is 8.91. The summed E-state index contributed by atoms with van der Waals surface area (Å²) in [5.74, 6) is 1.19. The molecule has 3 aromatic heterocycles. The van der Waals surface area contributed by atoms with Crippen molar-refractivity contribution in [1.82, 2.24) is 9.97 Å². The molecule has 2 aromatic carbocycles. The van der Waals surface area contributed by atoms with Gasteiger partial charge in [0.25, 0.3) is 5.91 Å². The number of amides is 1. The third kappa shape index (κ3) is 4.01. The lowest BCUT2D eigenvalue weighted by atomic mass is 10.2. The molecule has 33 heavy (non-hydrogen) atoms. The fraction of sp³-hybridized carbons (Fsp3) is 0.160. The third-order valence-corrected chi connectivity index (χ3v) is 6.19. The minimum absolute atomic E-state index is 0.215. The highest BCUT2D eigenvalue weighted by Gasteiger charge is 2.26. The number of methoxy groups -OCH3 is 1. The van der Waals surface area contributed by atoms with Crippen molar-refractivity contribution in [2.75, 3.05) is 18.6 Å². The number of aromatic nitrogens is 2. The number of carbonyl (C=O) groups excluding carboxylic acids is 1. The zero-order chi connectivity index (χ0) is 22.8. The van der Waals surface area contributed by atoms with Crippen molar-refractivity contribution in [3.05, 3.63) is 78.3 Å². The van der Waals surface area contributed by atoms with Gasteiger partial charge in [-0.25, -0.2) is 4.98 Å². The molecule has 0 spiro atoms. The quantitative estimate of drug-likeness (QED) is 0.311. The maximum absolute atomic E-state index is 13.7. The van der Waals surface area contributed by atoms with E-state index in [-0.39, 0.29) is 11.7 Å². The zero-order valence-electron chi connectivity index (χ0n) is 18.1. The number of hydrogen-bond acceptors (Lipinski definition) is 7. The Morgan fingerprint density at radius 3 is 2.76 bits per heavy atom. The molecule has 1 amide bonds. The first-order chi connectivity index (χ1) is 16.2. The summed E-state index contributed by atoms with van der Waals surface area (Å²) in [7, 11) is 1.61. The fourth-order valence-electron chi connectivity index (χ4n) is 3.64. The topological polar surface area (TPSA) is 77.7 Å². The van der Waals surface area contributed by atoms with E-state index < -0.39 is 0 Å². The van der Waals surface area contributed by atoms with E-state index in [2.05, 4.69) is 4.98 Å². The highest BCUT2D eigenvalue weighted by molar-refractivity contribution is 7.22. The van der Waals surface area contributed by atoms with Crippen molar-refractivity contribution in [1.29, 1.82) is 0 Å². The number of hydrogen-bond donors (Lipinski definition) is 0. The molecule has 0 aliphatic rings. The van der Waals surface area contributed by atoms with Crippen LogP contribution in [0.4, 0.5) is 5.13 Å². The maximum Gasteiger partial charge on any atom is 0.296 e. The van der Waals surface area contributed by atoms with Crippen LogP contribution in [0.2, 0.25) is 0 Å². The van der Waals surface area contributed by atoms with Crippen LogP contribution in [-0.2, 0) is 6.54 Å². The van der Waals surface area contributed by atoms with E-state index in [0.717, 1.165) is 15.6 Å². The molecule has 0 fully saturated rings. The summed E-state index contributed by atoms with van der Waals surface area (Å²) in [5.41, 5.74) is 2.14. The molecule has 0 saturated carbocycles. The Hall–Kier alpha value is -3.91. The molecule has 7 nitrogen and oxygen atoms in total. The molecular formula is C25H21N3O4S. The number of fused-ring (bicyclic) bond motifs is 2. The van der Waals surface area contributed by atoms with E-state index in [0.29, 0.717) is 40.9 Å². The van der Waals surface area contributed by atoms with Gasteiger partial charge in [0, 0.05) is 17.8 Å². The molecule has 0 saturated heterocycles. The van der Waals surface area contributed by atoms with Gasteiger partial charge in [-0.2, -0.15) is 0 Å². The van der Waals surface area contributed by atoms with Gasteiger partial charge in [-0.05, 0) is 42.8 Å². The number of ether oxygens (including phenoxy) is 2. The van der Waals surface area contributed by atoms with Gasteiger partial charge in [0.15, 0.2) is 22.2 Å². The van der Waals surface area contributed by atoms with Gasteiger partial charge >= 0.3 is 0 Å². The van der Waals surface area contributed by atoms with Crippen LogP contribution in [0.25, 0.3) is 21.2 Å². The second-order valence-corrected chi connectivity index (χ2v) is 8.28. The van der Waals surface area contributed by atoms with Crippen LogP contribution in [0.1, 0.15) is 23.0 Å². The Kier molecular flexibility index (Phi) is 5.66. The van der Waals surface area contributed by atoms with Gasteiger partial charge in [0.1, 0.15) is 11.3 Å². The molecule has 0 atom stereocenters. The Balaban J connectivity index is 1.59. The molecule has 0 bridgehead atoms. The average Bonchev–Trinajstić information content (AvgIpc) is 3.48. The first kappa shape index (κ1) is 21.0. The Bertz CT molecular complexity index is 1430. The van der Waals surface area contributed by atoms with Gasteiger partial charge in [0.05, 0.1) is 25.0 Å². The number of rotatable bonds is 7. The molecule has 3 heterocycles. The van der Waals surface area contributed by atoms with Crippen LogP contribution in [0, 0.1) is 0 Å². The summed E-state index contributed by atoms with van der Waals surface area (Å²) in [6, 6.07) is 16.8. The maximum atomic E-state index is 13.7. The molecular weight excluding hydrogens is 438 g/mol. The molecule has 0 unspecified atom stereocenters. The highest BCUT2D eigenvalue weighted by Crippen LogP contribution is 2.36. The van der Waals surface area contributed by atoms with E-state index >= 15 is 0 Å². The van der Waals surface area contributed by atoms with E-state index in [9.17, 15) is 4.79 Å². The number of nitrogens with zero attached hydrogens (tertiary/aromatic N) is 3. The first-order valence-corrected chi connectivity index (χ1v) is 11.3. The molecule has 5 rings (SSSR count). The van der Waals surface area contributed by atoms with E-state index in [1.165, 1.54) is 11.3 Å². The predicted octanol–water partition coefficient (Wildman–Crippen LogP) is 5.69. The number of para-hydroxylation sites is 2. The number of benzene rings is 2. The number of pyridine rings is 1. The lowest BCUT2D eigenvalue weighted by Crippen LogP contribution is -2.30. The zero-order valence-corrected chi connectivity index (χ0v) is 19.0. The van der Waals surface area contributed by atoms with Gasteiger partial charge in [-0.15, -0.1) is 0 Å². The Morgan fingerprint density at radius 2 is 1.97 bits per heavy atom. The van der Waals surface area contributed by atoms with Crippen molar-refractivity contribution in [2.24, 2.45) is 0 Å². The molecule has 5 aromatic rings. The highest BCUT2D eigenvalue weighted by atomic mass is 32.1. The van der Waals surface area contributed by atoms with Crippen LogP contribution in [0.5, 0.6) is 11.5 Å². The first-order valence-electron chi connectivity index (χ1n) is 10.5. The van der Waals surface area contributed by atoms with Crippen molar-refractivity contribution < 1.29 is 18.7 Å². The summed E-state index contributed by atoms with van der Waals surface area (Å²) < 4.78 is 18.0. The van der Waals surface area contributed by atoms with Crippen LogP contribution in [0.3, 0.4) is 0 Å². The van der Waals surface area contributed by atoms with Gasteiger partial charge in [0.2, 0.25) is 0 Å². The predicted molar refractivity (Wildman–Crippen MR) is 128 cm³/mol. The van der Waals surface area contributed by atoms with Crippen LogP contribution in [-0.4, -0.2) is 29.6 Å². The minimum Gasteiger partial charge on any atom is -0.494 e. The lowest BCUT2D eigenvalue weighted by molar-refractivity contribution is 0.0960. The number of anilines is 1. The molecule has 8 heteroatoms. The van der Waals surface area contributed by atoms with Gasteiger partial charge < -0.3 is 13.9 Å². The third-order valence-electron chi connectivity index (χ3n) is 5.15. The Labute approximate surface area is 194 Å². The summed E-state index contributed by atoms with van der Waals surface area (Å²) in [6.07, 6.45) is 3.44. The van der Waals surface area contributed by atoms with Crippen molar-refractivity contribution in [3.63, 3.8) is 0 Å². The lowest BCUT2D eigenvalue weighted by Gasteiger charge is -2.18.